The molecule has 1 saturated heterocycles. The minimum Gasteiger partial charge on any atom is -0.481 e. The van der Waals surface area contributed by atoms with Crippen LogP contribution in [0.25, 0.3) is 0 Å². The van der Waals surface area contributed by atoms with Crippen molar-refractivity contribution in [2.75, 3.05) is 19.7 Å². The molecule has 1 aliphatic heterocycles. The van der Waals surface area contributed by atoms with E-state index in [0.29, 0.717) is 28.8 Å². The van der Waals surface area contributed by atoms with Crippen LogP contribution < -0.4 is 0 Å². The van der Waals surface area contributed by atoms with Crippen molar-refractivity contribution in [2.45, 2.75) is 12.5 Å². The number of amides is 1. The molecule has 2 rings (SSSR count). The summed E-state index contributed by atoms with van der Waals surface area (Å²) in [6.07, 6.45) is -0.629. The third kappa shape index (κ3) is 3.62. The first-order valence-corrected chi connectivity index (χ1v) is 6.80. The first-order valence-electron chi connectivity index (χ1n) is 6.05. The number of morpholine rings is 1. The Morgan fingerprint density at radius 2 is 2.15 bits per heavy atom. The SMILES string of the molecule is O=C(O)CC1CN(C(=O)c2cc(Cl)ccc2Cl)CCO1. The second-order valence-corrected chi connectivity index (χ2v) is 5.31. The highest BCUT2D eigenvalue weighted by Gasteiger charge is 2.27. The quantitative estimate of drug-likeness (QED) is 0.929. The highest BCUT2D eigenvalue weighted by atomic mass is 35.5. The van der Waals surface area contributed by atoms with Gasteiger partial charge in [0.1, 0.15) is 0 Å². The highest BCUT2D eigenvalue weighted by molar-refractivity contribution is 6.35. The number of carbonyl (C=O) groups is 2. The topological polar surface area (TPSA) is 66.8 Å². The van der Waals surface area contributed by atoms with Crippen LogP contribution in [0, 0.1) is 0 Å². The van der Waals surface area contributed by atoms with Crippen LogP contribution in [0.15, 0.2) is 18.2 Å². The van der Waals surface area contributed by atoms with Gasteiger partial charge in [0.25, 0.3) is 5.91 Å². The van der Waals surface area contributed by atoms with Gasteiger partial charge in [-0.1, -0.05) is 23.2 Å². The fourth-order valence-electron chi connectivity index (χ4n) is 2.05. The number of aliphatic carboxylic acids is 1. The summed E-state index contributed by atoms with van der Waals surface area (Å²) in [6, 6.07) is 4.67. The van der Waals surface area contributed by atoms with Crippen LogP contribution in [0.4, 0.5) is 0 Å². The van der Waals surface area contributed by atoms with Crippen molar-refractivity contribution in [3.63, 3.8) is 0 Å². The molecule has 1 unspecified atom stereocenters. The highest BCUT2D eigenvalue weighted by Crippen LogP contribution is 2.23. The van der Waals surface area contributed by atoms with Gasteiger partial charge in [-0.05, 0) is 18.2 Å². The molecule has 0 bridgehead atoms. The Hall–Kier alpha value is -1.30. The summed E-state index contributed by atoms with van der Waals surface area (Å²) in [5, 5.41) is 9.51. The molecule has 1 aromatic rings. The number of hydrogen-bond donors (Lipinski definition) is 1. The van der Waals surface area contributed by atoms with Crippen molar-refractivity contribution in [1.82, 2.24) is 4.90 Å². The average molecular weight is 318 g/mol. The fourth-order valence-corrected chi connectivity index (χ4v) is 2.42. The summed E-state index contributed by atoms with van der Waals surface area (Å²) in [5.41, 5.74) is 0.315. The van der Waals surface area contributed by atoms with Crippen LogP contribution in [-0.4, -0.2) is 47.7 Å². The van der Waals surface area contributed by atoms with Gasteiger partial charge in [0.15, 0.2) is 0 Å². The first-order chi connectivity index (χ1) is 9.47. The van der Waals surface area contributed by atoms with Gasteiger partial charge in [0.2, 0.25) is 0 Å². The lowest BCUT2D eigenvalue weighted by molar-refractivity contribution is -0.141. The molecule has 1 aliphatic rings. The van der Waals surface area contributed by atoms with Gasteiger partial charge in [-0.15, -0.1) is 0 Å². The zero-order chi connectivity index (χ0) is 14.7. The lowest BCUT2D eigenvalue weighted by Gasteiger charge is -2.32. The number of carboxylic acids is 1. The number of rotatable bonds is 3. The molecule has 0 saturated carbocycles. The second kappa shape index (κ2) is 6.43. The summed E-state index contributed by atoms with van der Waals surface area (Å²) in [7, 11) is 0. The van der Waals surface area contributed by atoms with Gasteiger partial charge in [0, 0.05) is 18.1 Å². The van der Waals surface area contributed by atoms with Gasteiger partial charge in [-0.25, -0.2) is 0 Å². The summed E-state index contributed by atoms with van der Waals surface area (Å²) in [5.74, 6) is -1.22. The number of halogens is 2. The van der Waals surface area contributed by atoms with Gasteiger partial charge in [-0.2, -0.15) is 0 Å². The predicted molar refractivity (Wildman–Crippen MR) is 74.4 cm³/mol. The zero-order valence-electron chi connectivity index (χ0n) is 10.5. The third-order valence-electron chi connectivity index (χ3n) is 2.99. The number of carboxylic acid groups (broad SMARTS) is 1. The van der Waals surface area contributed by atoms with E-state index in [1.54, 1.807) is 12.1 Å². The molecule has 20 heavy (non-hydrogen) atoms. The molecule has 0 radical (unpaired) electrons. The Kier molecular flexibility index (Phi) is 4.86. The van der Waals surface area contributed by atoms with Gasteiger partial charge < -0.3 is 14.7 Å². The van der Waals surface area contributed by atoms with Crippen molar-refractivity contribution in [1.29, 1.82) is 0 Å². The van der Waals surface area contributed by atoms with Gasteiger partial charge in [-0.3, -0.25) is 9.59 Å². The Morgan fingerprint density at radius 3 is 2.85 bits per heavy atom. The summed E-state index contributed by atoms with van der Waals surface area (Å²) >= 11 is 11.9. The Bertz CT molecular complexity index is 535. The minimum atomic E-state index is -0.954. The molecule has 0 spiro atoms. The molecule has 7 heteroatoms. The van der Waals surface area contributed by atoms with E-state index in [1.807, 2.05) is 0 Å². The molecule has 1 N–H and O–H groups in total. The van der Waals surface area contributed by atoms with E-state index >= 15 is 0 Å². The monoisotopic (exact) mass is 317 g/mol. The van der Waals surface area contributed by atoms with E-state index in [2.05, 4.69) is 0 Å². The average Bonchev–Trinajstić information content (AvgIpc) is 2.40. The molecule has 5 nitrogen and oxygen atoms in total. The Morgan fingerprint density at radius 1 is 1.40 bits per heavy atom. The summed E-state index contributed by atoms with van der Waals surface area (Å²) in [4.78, 5) is 24.6. The molecule has 0 aliphatic carbocycles. The molecular weight excluding hydrogens is 305 g/mol. The standard InChI is InChI=1S/C13H13Cl2NO4/c14-8-1-2-11(15)10(5-8)13(19)16-3-4-20-9(7-16)6-12(17)18/h1-2,5,9H,3-4,6-7H2,(H,17,18). The van der Waals surface area contributed by atoms with Crippen LogP contribution >= 0.6 is 23.2 Å². The Balaban J connectivity index is 2.12. The maximum atomic E-state index is 12.4. The lowest BCUT2D eigenvalue weighted by atomic mass is 10.1. The van der Waals surface area contributed by atoms with E-state index in [0.717, 1.165) is 0 Å². The third-order valence-corrected chi connectivity index (χ3v) is 3.55. The van der Waals surface area contributed by atoms with Gasteiger partial charge in [0.05, 0.1) is 29.7 Å². The molecule has 0 aromatic heterocycles. The largest absolute Gasteiger partial charge is 0.481 e. The molecular formula is C13H13Cl2NO4. The van der Waals surface area contributed by atoms with Crippen molar-refractivity contribution in [2.24, 2.45) is 0 Å². The number of hydrogen-bond acceptors (Lipinski definition) is 3. The smallest absolute Gasteiger partial charge is 0.306 e. The van der Waals surface area contributed by atoms with Gasteiger partial charge >= 0.3 is 5.97 Å². The van der Waals surface area contributed by atoms with Crippen molar-refractivity contribution in [3.8, 4) is 0 Å². The molecule has 1 heterocycles. The first kappa shape index (κ1) is 15.1. The van der Waals surface area contributed by atoms with E-state index < -0.39 is 12.1 Å². The zero-order valence-corrected chi connectivity index (χ0v) is 12.0. The van der Waals surface area contributed by atoms with Crippen molar-refractivity contribution < 1.29 is 19.4 Å². The maximum absolute atomic E-state index is 12.4. The van der Waals surface area contributed by atoms with Crippen molar-refractivity contribution >= 4 is 35.1 Å². The molecule has 108 valence electrons. The summed E-state index contributed by atoms with van der Waals surface area (Å²) < 4.78 is 5.33. The fraction of sp³-hybridized carbons (Fsp3) is 0.385. The maximum Gasteiger partial charge on any atom is 0.306 e. The molecule has 1 amide bonds. The van der Waals surface area contributed by atoms with Crippen LogP contribution in [0.2, 0.25) is 10.0 Å². The molecule has 1 atom stereocenters. The number of nitrogens with zero attached hydrogens (tertiary/aromatic N) is 1. The normalized spacial score (nSPS) is 18.9. The second-order valence-electron chi connectivity index (χ2n) is 4.47. The van der Waals surface area contributed by atoms with Crippen LogP contribution in [0.3, 0.4) is 0 Å². The van der Waals surface area contributed by atoms with Crippen LogP contribution in [0.5, 0.6) is 0 Å². The number of carbonyl (C=O) groups excluding carboxylic acids is 1. The number of ether oxygens (including phenoxy) is 1. The molecule has 1 aromatic carbocycles. The summed E-state index contributed by atoms with van der Waals surface area (Å²) in [6.45, 7) is 0.938. The van der Waals surface area contributed by atoms with E-state index in [9.17, 15) is 9.59 Å². The lowest BCUT2D eigenvalue weighted by Crippen LogP contribution is -2.46. The number of benzene rings is 1. The van der Waals surface area contributed by atoms with Crippen LogP contribution in [0.1, 0.15) is 16.8 Å². The molecule has 1 fully saturated rings. The van der Waals surface area contributed by atoms with Crippen molar-refractivity contribution in [3.05, 3.63) is 33.8 Å². The van der Waals surface area contributed by atoms with E-state index in [-0.39, 0.29) is 18.9 Å². The minimum absolute atomic E-state index is 0.132. The van der Waals surface area contributed by atoms with E-state index in [1.165, 1.54) is 11.0 Å². The van der Waals surface area contributed by atoms with E-state index in [4.69, 9.17) is 33.0 Å². The Labute approximate surface area is 126 Å². The predicted octanol–water partition coefficient (Wildman–Crippen LogP) is 2.31. The van der Waals surface area contributed by atoms with Crippen LogP contribution in [-0.2, 0) is 9.53 Å².